The van der Waals surface area contributed by atoms with Crippen LogP contribution in [0, 0.1) is 5.92 Å². The van der Waals surface area contributed by atoms with Gasteiger partial charge in [0.25, 0.3) is 0 Å². The van der Waals surface area contributed by atoms with Crippen LogP contribution in [0.5, 0.6) is 0 Å². The van der Waals surface area contributed by atoms with Gasteiger partial charge < -0.3 is 4.90 Å². The zero-order valence-electron chi connectivity index (χ0n) is 8.84. The Morgan fingerprint density at radius 3 is 2.80 bits per heavy atom. The van der Waals surface area contributed by atoms with Gasteiger partial charge >= 0.3 is 0 Å². The Morgan fingerprint density at radius 1 is 1.47 bits per heavy atom. The highest BCUT2D eigenvalue weighted by Crippen LogP contribution is 2.29. The molecule has 2 rings (SSSR count). The summed E-state index contributed by atoms with van der Waals surface area (Å²) >= 11 is 7.10. The van der Waals surface area contributed by atoms with Crippen molar-refractivity contribution in [2.75, 3.05) is 18.0 Å². The zero-order chi connectivity index (χ0) is 10.8. The largest absolute Gasteiger partial charge is 0.371 e. The molecule has 1 nitrogen and oxygen atoms in total. The molecule has 1 aromatic carbocycles. The summed E-state index contributed by atoms with van der Waals surface area (Å²) in [4.78, 5) is 2.47. The Labute approximate surface area is 108 Å². The molecule has 0 aliphatic carbocycles. The molecule has 0 spiro atoms. The fourth-order valence-electron chi connectivity index (χ4n) is 2.01. The van der Waals surface area contributed by atoms with Crippen LogP contribution >= 0.6 is 31.9 Å². The van der Waals surface area contributed by atoms with E-state index in [-0.39, 0.29) is 0 Å². The number of rotatable bonds is 2. The molecule has 3 heteroatoms. The topological polar surface area (TPSA) is 3.24 Å². The van der Waals surface area contributed by atoms with E-state index in [4.69, 9.17) is 0 Å². The number of hydrogen-bond donors (Lipinski definition) is 0. The molecular weight excluding hydrogens is 318 g/mol. The van der Waals surface area contributed by atoms with Crippen molar-refractivity contribution in [1.29, 1.82) is 0 Å². The van der Waals surface area contributed by atoms with Gasteiger partial charge in [-0.15, -0.1) is 0 Å². The van der Waals surface area contributed by atoms with Crippen molar-refractivity contribution in [3.8, 4) is 0 Å². The highest BCUT2D eigenvalue weighted by Gasteiger charge is 2.19. The molecule has 1 saturated heterocycles. The molecule has 0 amide bonds. The maximum Gasteiger partial charge on any atom is 0.0377 e. The first-order valence-electron chi connectivity index (χ1n) is 5.30. The number of benzene rings is 1. The Kier molecular flexibility index (Phi) is 3.73. The van der Waals surface area contributed by atoms with Crippen molar-refractivity contribution in [3.05, 3.63) is 28.2 Å². The van der Waals surface area contributed by atoms with Gasteiger partial charge in [-0.3, -0.25) is 0 Å². The van der Waals surface area contributed by atoms with Crippen molar-refractivity contribution in [3.63, 3.8) is 0 Å². The predicted octanol–water partition coefficient (Wildman–Crippen LogP) is 4.19. The Bertz CT molecular complexity index is 351. The number of halogens is 2. The Hall–Kier alpha value is -0.0200. The van der Waals surface area contributed by atoms with Crippen LogP contribution in [0.15, 0.2) is 22.7 Å². The van der Waals surface area contributed by atoms with Crippen LogP contribution in [0.3, 0.4) is 0 Å². The summed E-state index contributed by atoms with van der Waals surface area (Å²) in [7, 11) is 0. The molecule has 15 heavy (non-hydrogen) atoms. The lowest BCUT2D eigenvalue weighted by molar-refractivity contribution is 0.659. The minimum atomic E-state index is 0.833. The molecule has 1 fully saturated rings. The highest BCUT2D eigenvalue weighted by atomic mass is 79.9. The molecule has 1 aliphatic heterocycles. The number of nitrogens with zero attached hydrogens (tertiary/aromatic N) is 1. The summed E-state index contributed by atoms with van der Waals surface area (Å²) in [5.74, 6) is 0.833. The fraction of sp³-hybridized carbons (Fsp3) is 0.500. The molecule has 0 radical (unpaired) electrons. The summed E-state index contributed by atoms with van der Waals surface area (Å²) < 4.78 is 1.21. The van der Waals surface area contributed by atoms with E-state index >= 15 is 0 Å². The normalized spacial score (nSPS) is 21.0. The maximum absolute atomic E-state index is 3.61. The van der Waals surface area contributed by atoms with Crippen LogP contribution < -0.4 is 4.90 Å². The van der Waals surface area contributed by atoms with Crippen molar-refractivity contribution >= 4 is 37.5 Å². The third-order valence-electron chi connectivity index (χ3n) is 2.97. The summed E-state index contributed by atoms with van der Waals surface area (Å²) in [5.41, 5.74) is 2.65. The first kappa shape index (κ1) is 11.5. The van der Waals surface area contributed by atoms with Crippen LogP contribution in [0.2, 0.25) is 0 Å². The summed E-state index contributed by atoms with van der Waals surface area (Å²) in [6, 6.07) is 6.64. The summed E-state index contributed by atoms with van der Waals surface area (Å²) in [6.07, 6.45) is 1.32. The molecule has 0 aromatic heterocycles. The van der Waals surface area contributed by atoms with Gasteiger partial charge in [0.1, 0.15) is 0 Å². The standard InChI is InChI=1S/C12H15Br2N/c1-9-4-5-15(8-9)11-3-2-10(7-13)12(14)6-11/h2-3,6,9H,4-5,7-8H2,1H3. The van der Waals surface area contributed by atoms with E-state index in [0.29, 0.717) is 0 Å². The van der Waals surface area contributed by atoms with E-state index in [9.17, 15) is 0 Å². The molecule has 1 heterocycles. The van der Waals surface area contributed by atoms with Crippen LogP contribution in [0.1, 0.15) is 18.9 Å². The van der Waals surface area contributed by atoms with Gasteiger partial charge in [-0.2, -0.15) is 0 Å². The predicted molar refractivity (Wildman–Crippen MR) is 72.8 cm³/mol. The average Bonchev–Trinajstić information content (AvgIpc) is 2.65. The van der Waals surface area contributed by atoms with Gasteiger partial charge in [0.2, 0.25) is 0 Å². The molecule has 0 N–H and O–H groups in total. The minimum absolute atomic E-state index is 0.833. The quantitative estimate of drug-likeness (QED) is 0.734. The number of hydrogen-bond acceptors (Lipinski definition) is 1. The lowest BCUT2D eigenvalue weighted by Crippen LogP contribution is -2.18. The molecule has 82 valence electrons. The van der Waals surface area contributed by atoms with Gasteiger partial charge in [0, 0.05) is 28.6 Å². The van der Waals surface area contributed by atoms with Gasteiger partial charge in [0.05, 0.1) is 0 Å². The molecule has 1 aliphatic rings. The fourth-order valence-corrected chi connectivity index (χ4v) is 3.38. The van der Waals surface area contributed by atoms with E-state index in [1.54, 1.807) is 0 Å². The first-order chi connectivity index (χ1) is 7.20. The van der Waals surface area contributed by atoms with Crippen molar-refractivity contribution in [2.45, 2.75) is 18.7 Å². The maximum atomic E-state index is 3.61. The molecule has 0 saturated carbocycles. The van der Waals surface area contributed by atoms with Crippen LogP contribution in [0.4, 0.5) is 5.69 Å². The smallest absolute Gasteiger partial charge is 0.0377 e. The lowest BCUT2D eigenvalue weighted by Gasteiger charge is -2.19. The summed E-state index contributed by atoms with van der Waals surface area (Å²) in [6.45, 7) is 4.71. The Morgan fingerprint density at radius 2 is 2.27 bits per heavy atom. The van der Waals surface area contributed by atoms with E-state index in [2.05, 4.69) is 61.9 Å². The van der Waals surface area contributed by atoms with Crippen LogP contribution in [-0.2, 0) is 5.33 Å². The third-order valence-corrected chi connectivity index (χ3v) is 4.31. The van der Waals surface area contributed by atoms with E-state index < -0.39 is 0 Å². The molecule has 1 aromatic rings. The van der Waals surface area contributed by atoms with Crippen LogP contribution in [-0.4, -0.2) is 13.1 Å². The Balaban J connectivity index is 2.19. The SMILES string of the molecule is CC1CCN(c2ccc(CBr)c(Br)c2)C1. The van der Waals surface area contributed by atoms with Crippen molar-refractivity contribution in [1.82, 2.24) is 0 Å². The lowest BCUT2D eigenvalue weighted by atomic mass is 10.2. The summed E-state index contributed by atoms with van der Waals surface area (Å²) in [5, 5.41) is 0.907. The zero-order valence-corrected chi connectivity index (χ0v) is 12.0. The second-order valence-corrected chi connectivity index (χ2v) is 5.66. The molecule has 0 bridgehead atoms. The highest BCUT2D eigenvalue weighted by molar-refractivity contribution is 9.10. The molecule has 1 atom stereocenters. The monoisotopic (exact) mass is 331 g/mol. The second kappa shape index (κ2) is 4.88. The minimum Gasteiger partial charge on any atom is -0.371 e. The first-order valence-corrected chi connectivity index (χ1v) is 7.21. The third kappa shape index (κ3) is 2.56. The van der Waals surface area contributed by atoms with Gasteiger partial charge in [-0.1, -0.05) is 44.8 Å². The molecule has 1 unspecified atom stereocenters. The van der Waals surface area contributed by atoms with E-state index in [0.717, 1.165) is 11.2 Å². The van der Waals surface area contributed by atoms with Gasteiger partial charge in [0.15, 0.2) is 0 Å². The number of anilines is 1. The molecular formula is C12H15Br2N. The van der Waals surface area contributed by atoms with Crippen molar-refractivity contribution < 1.29 is 0 Å². The van der Waals surface area contributed by atoms with Crippen LogP contribution in [0.25, 0.3) is 0 Å². The second-order valence-electron chi connectivity index (χ2n) is 4.25. The van der Waals surface area contributed by atoms with Gasteiger partial charge in [-0.05, 0) is 30.0 Å². The van der Waals surface area contributed by atoms with E-state index in [1.165, 1.54) is 35.2 Å². The van der Waals surface area contributed by atoms with Crippen molar-refractivity contribution in [2.24, 2.45) is 5.92 Å². The average molecular weight is 333 g/mol. The van der Waals surface area contributed by atoms with E-state index in [1.807, 2.05) is 0 Å². The van der Waals surface area contributed by atoms with Gasteiger partial charge in [-0.25, -0.2) is 0 Å². The number of alkyl halides is 1.